The Bertz CT molecular complexity index is 1290. The maximum Gasteiger partial charge on any atom is 0.273 e. The van der Waals surface area contributed by atoms with E-state index in [0.717, 1.165) is 16.8 Å². The Labute approximate surface area is 191 Å². The minimum atomic E-state index is -0.344. The fourth-order valence-corrected chi connectivity index (χ4v) is 3.21. The van der Waals surface area contributed by atoms with E-state index < -0.39 is 0 Å². The molecule has 0 saturated carbocycles. The first-order valence-electron chi connectivity index (χ1n) is 10.4. The van der Waals surface area contributed by atoms with Gasteiger partial charge < -0.3 is 10.2 Å². The Morgan fingerprint density at radius 1 is 0.970 bits per heavy atom. The van der Waals surface area contributed by atoms with E-state index in [9.17, 15) is 9.59 Å². The molecule has 2 heterocycles. The highest BCUT2D eigenvalue weighted by molar-refractivity contribution is 6.08. The number of aromatic amines is 1. The number of rotatable bonds is 7. The van der Waals surface area contributed by atoms with Gasteiger partial charge in [-0.15, -0.1) is 0 Å². The molecule has 4 rings (SSSR count). The van der Waals surface area contributed by atoms with E-state index in [4.69, 9.17) is 0 Å². The predicted molar refractivity (Wildman–Crippen MR) is 130 cm³/mol. The van der Waals surface area contributed by atoms with E-state index in [1.165, 1.54) is 6.08 Å². The molecule has 7 heteroatoms. The minimum Gasteiger partial charge on any atom is -0.378 e. The molecule has 0 atom stereocenters. The molecule has 0 aliphatic carbocycles. The molecule has 0 aliphatic rings. The number of carbonyl (C=O) groups is 2. The molecule has 0 bridgehead atoms. The molecule has 0 saturated heterocycles. The number of aromatic nitrogens is 3. The highest BCUT2D eigenvalue weighted by Gasteiger charge is 2.12. The number of benzene rings is 2. The first kappa shape index (κ1) is 21.7. The summed E-state index contributed by atoms with van der Waals surface area (Å²) in [4.78, 5) is 31.3. The van der Waals surface area contributed by atoms with Gasteiger partial charge in [0.25, 0.3) is 5.91 Å². The van der Waals surface area contributed by atoms with Crippen molar-refractivity contribution in [1.29, 1.82) is 0 Å². The van der Waals surface area contributed by atoms with Crippen LogP contribution < -0.4 is 10.2 Å². The fraction of sp³-hybridized carbons (Fsp3) is 0.0769. The van der Waals surface area contributed by atoms with Crippen LogP contribution in [0.1, 0.15) is 26.4 Å². The Morgan fingerprint density at radius 2 is 1.73 bits per heavy atom. The zero-order valence-electron chi connectivity index (χ0n) is 18.3. The summed E-state index contributed by atoms with van der Waals surface area (Å²) in [5.74, 6) is -0.492. The van der Waals surface area contributed by atoms with Crippen molar-refractivity contribution in [1.82, 2.24) is 15.2 Å². The molecule has 164 valence electrons. The topological polar surface area (TPSA) is 91.0 Å². The molecular formula is C26H23N5O2. The largest absolute Gasteiger partial charge is 0.378 e. The highest BCUT2D eigenvalue weighted by atomic mass is 16.2. The third-order valence-corrected chi connectivity index (χ3v) is 5.04. The van der Waals surface area contributed by atoms with E-state index in [2.05, 4.69) is 20.5 Å². The van der Waals surface area contributed by atoms with Gasteiger partial charge in [0, 0.05) is 49.0 Å². The fourth-order valence-electron chi connectivity index (χ4n) is 3.21. The van der Waals surface area contributed by atoms with Crippen molar-refractivity contribution in [3.63, 3.8) is 0 Å². The van der Waals surface area contributed by atoms with Crippen molar-refractivity contribution >= 4 is 29.1 Å². The van der Waals surface area contributed by atoms with Crippen LogP contribution in [0.15, 0.2) is 85.2 Å². The van der Waals surface area contributed by atoms with Gasteiger partial charge in [-0.05, 0) is 54.1 Å². The number of amides is 1. The van der Waals surface area contributed by atoms with Crippen LogP contribution >= 0.6 is 0 Å². The van der Waals surface area contributed by atoms with Gasteiger partial charge in [-0.25, -0.2) is 0 Å². The standard InChI is InChI=1S/C26H23N5O2/c1-31(2)22-9-6-18(7-10-22)8-11-25(32)20-4-3-5-21(16-20)28-26(33)24-17-23(29-30-24)19-12-14-27-15-13-19/h3-17H,1-2H3,(H,28,33)(H,29,30)/b11-8+. The number of carbonyl (C=O) groups excluding carboxylic acids is 2. The van der Waals surface area contributed by atoms with Crippen LogP contribution in [-0.4, -0.2) is 41.0 Å². The van der Waals surface area contributed by atoms with Gasteiger partial charge in [0.2, 0.25) is 0 Å². The second-order valence-electron chi connectivity index (χ2n) is 7.62. The predicted octanol–water partition coefficient (Wildman–Crippen LogP) is 4.69. The van der Waals surface area contributed by atoms with Gasteiger partial charge in [-0.1, -0.05) is 30.3 Å². The average Bonchev–Trinajstić information content (AvgIpc) is 3.34. The third kappa shape index (κ3) is 5.40. The van der Waals surface area contributed by atoms with E-state index >= 15 is 0 Å². The van der Waals surface area contributed by atoms with Gasteiger partial charge in [0.05, 0.1) is 5.69 Å². The van der Waals surface area contributed by atoms with E-state index in [1.54, 1.807) is 48.8 Å². The summed E-state index contributed by atoms with van der Waals surface area (Å²) in [6, 6.07) is 20.1. The van der Waals surface area contributed by atoms with Gasteiger partial charge >= 0.3 is 0 Å². The number of H-pyrrole nitrogens is 1. The number of ketones is 1. The molecule has 0 radical (unpaired) electrons. The molecule has 0 unspecified atom stereocenters. The smallest absolute Gasteiger partial charge is 0.273 e. The summed E-state index contributed by atoms with van der Waals surface area (Å²) in [7, 11) is 3.96. The lowest BCUT2D eigenvalue weighted by Gasteiger charge is -2.11. The van der Waals surface area contributed by atoms with Gasteiger partial charge in [0.1, 0.15) is 5.69 Å². The lowest BCUT2D eigenvalue weighted by molar-refractivity contribution is 0.101. The van der Waals surface area contributed by atoms with Crippen molar-refractivity contribution < 1.29 is 9.59 Å². The summed E-state index contributed by atoms with van der Waals surface area (Å²) < 4.78 is 0. The van der Waals surface area contributed by atoms with Crippen LogP contribution in [0.2, 0.25) is 0 Å². The van der Waals surface area contributed by atoms with E-state index in [1.807, 2.05) is 55.4 Å². The molecule has 33 heavy (non-hydrogen) atoms. The molecule has 0 spiro atoms. The van der Waals surface area contributed by atoms with Crippen LogP contribution in [0.5, 0.6) is 0 Å². The number of nitrogens with zero attached hydrogens (tertiary/aromatic N) is 3. The summed E-state index contributed by atoms with van der Waals surface area (Å²) in [5, 5.41) is 9.74. The van der Waals surface area contributed by atoms with Gasteiger partial charge in [-0.2, -0.15) is 5.10 Å². The maximum atomic E-state index is 12.6. The Balaban J connectivity index is 1.42. The van der Waals surface area contributed by atoms with Crippen LogP contribution in [0, 0.1) is 0 Å². The third-order valence-electron chi connectivity index (χ3n) is 5.04. The molecule has 2 N–H and O–H groups in total. The number of pyridine rings is 1. The van der Waals surface area contributed by atoms with Crippen LogP contribution in [0.4, 0.5) is 11.4 Å². The first-order valence-corrected chi connectivity index (χ1v) is 10.4. The van der Waals surface area contributed by atoms with Crippen LogP contribution in [0.3, 0.4) is 0 Å². The Hall–Kier alpha value is -4.52. The van der Waals surface area contributed by atoms with Crippen LogP contribution in [0.25, 0.3) is 17.3 Å². The van der Waals surface area contributed by atoms with E-state index in [0.29, 0.717) is 22.6 Å². The minimum absolute atomic E-state index is 0.149. The second kappa shape index (κ2) is 9.74. The van der Waals surface area contributed by atoms with Crippen molar-refractivity contribution in [3.05, 3.63) is 102 Å². The monoisotopic (exact) mass is 437 g/mol. The van der Waals surface area contributed by atoms with Gasteiger partial charge in [-0.3, -0.25) is 19.7 Å². The average molecular weight is 438 g/mol. The van der Waals surface area contributed by atoms with Crippen molar-refractivity contribution in [3.8, 4) is 11.3 Å². The molecule has 2 aromatic carbocycles. The van der Waals surface area contributed by atoms with Crippen molar-refractivity contribution in [2.24, 2.45) is 0 Å². The Morgan fingerprint density at radius 3 is 2.45 bits per heavy atom. The van der Waals surface area contributed by atoms with Crippen molar-refractivity contribution in [2.75, 3.05) is 24.3 Å². The van der Waals surface area contributed by atoms with Crippen molar-refractivity contribution in [2.45, 2.75) is 0 Å². The molecule has 1 amide bonds. The molecule has 2 aromatic heterocycles. The quantitative estimate of drug-likeness (QED) is 0.323. The summed E-state index contributed by atoms with van der Waals surface area (Å²) in [5.41, 5.74) is 4.85. The highest BCUT2D eigenvalue weighted by Crippen LogP contribution is 2.18. The summed E-state index contributed by atoms with van der Waals surface area (Å²) in [6.45, 7) is 0. The summed E-state index contributed by atoms with van der Waals surface area (Å²) in [6.07, 6.45) is 6.64. The number of anilines is 2. The maximum absolute atomic E-state index is 12.6. The Kier molecular flexibility index (Phi) is 6.40. The molecule has 7 nitrogen and oxygen atoms in total. The number of hydrogen-bond acceptors (Lipinski definition) is 5. The normalized spacial score (nSPS) is 10.8. The molecule has 4 aromatic rings. The lowest BCUT2D eigenvalue weighted by atomic mass is 10.1. The SMILES string of the molecule is CN(C)c1ccc(/C=C/C(=O)c2cccc(NC(=O)c3cc(-c4ccncc4)n[nH]3)c2)cc1. The molecular weight excluding hydrogens is 414 g/mol. The first-order chi connectivity index (χ1) is 16.0. The summed E-state index contributed by atoms with van der Waals surface area (Å²) >= 11 is 0. The zero-order valence-corrected chi connectivity index (χ0v) is 18.3. The van der Waals surface area contributed by atoms with Crippen LogP contribution in [-0.2, 0) is 0 Å². The number of allylic oxidation sites excluding steroid dienone is 1. The molecule has 0 fully saturated rings. The zero-order chi connectivity index (χ0) is 23.2. The number of nitrogens with one attached hydrogen (secondary N) is 2. The number of hydrogen-bond donors (Lipinski definition) is 2. The molecule has 0 aliphatic heterocycles. The second-order valence-corrected chi connectivity index (χ2v) is 7.62. The lowest BCUT2D eigenvalue weighted by Crippen LogP contribution is -2.12. The van der Waals surface area contributed by atoms with Gasteiger partial charge in [0.15, 0.2) is 5.78 Å². The van der Waals surface area contributed by atoms with E-state index in [-0.39, 0.29) is 11.7 Å².